The smallest absolute Gasteiger partial charge is 0.343 e. The summed E-state index contributed by atoms with van der Waals surface area (Å²) in [6.45, 7) is 12.4. The monoisotopic (exact) mass is 1210 g/mol. The number of thioether (sulfide) groups is 2. The van der Waals surface area contributed by atoms with Crippen molar-refractivity contribution in [2.75, 3.05) is 103 Å². The molecule has 3 aliphatic heterocycles. The van der Waals surface area contributed by atoms with Crippen LogP contribution in [0, 0.1) is 24.6 Å². The van der Waals surface area contributed by atoms with Crippen molar-refractivity contribution >= 4 is 81.4 Å². The Morgan fingerprint density at radius 1 is 0.750 bits per heavy atom. The quantitative estimate of drug-likeness (QED) is 0.0240. The molecule has 3 aliphatic rings. The number of nitrogens with zero attached hydrogens (tertiary/aromatic N) is 3. The number of ketones is 3. The highest BCUT2D eigenvalue weighted by molar-refractivity contribution is 8.02. The van der Waals surface area contributed by atoms with Crippen LogP contribution in [0.3, 0.4) is 0 Å². The van der Waals surface area contributed by atoms with Gasteiger partial charge in [-0.05, 0) is 49.9 Å². The highest BCUT2D eigenvalue weighted by Crippen LogP contribution is 2.41. The predicted octanol–water partition coefficient (Wildman–Crippen LogP) is 4.42. The van der Waals surface area contributed by atoms with Crippen molar-refractivity contribution in [1.82, 2.24) is 25.1 Å². The second-order valence-electron chi connectivity index (χ2n) is 20.7. The Bertz CT molecular complexity index is 2920. The van der Waals surface area contributed by atoms with E-state index >= 15 is 0 Å². The maximum Gasteiger partial charge on any atom is 0.343 e. The van der Waals surface area contributed by atoms with Crippen LogP contribution in [0.15, 0.2) is 35.1 Å². The van der Waals surface area contributed by atoms with Crippen molar-refractivity contribution in [3.8, 4) is 11.4 Å². The van der Waals surface area contributed by atoms with E-state index in [9.17, 15) is 52.6 Å². The molecule has 3 N–H and O–H groups in total. The third kappa shape index (κ3) is 19.1. The molecule has 6 rings (SSSR count). The van der Waals surface area contributed by atoms with Gasteiger partial charge in [-0.15, -0.1) is 11.8 Å². The molecule has 3 aromatic rings. The first-order chi connectivity index (χ1) is 40.3. The summed E-state index contributed by atoms with van der Waals surface area (Å²) in [6, 6.07) is 3.92. The number of rotatable bonds is 41. The Labute approximate surface area is 496 Å². The van der Waals surface area contributed by atoms with Crippen molar-refractivity contribution in [3.05, 3.63) is 74.3 Å². The molecule has 84 heavy (non-hydrogen) atoms. The van der Waals surface area contributed by atoms with Gasteiger partial charge in [0.2, 0.25) is 11.8 Å². The Hall–Kier alpha value is -5.77. The molecule has 0 radical (unpaired) electrons. The summed E-state index contributed by atoms with van der Waals surface area (Å²) in [6.07, 6.45) is 3.39. The van der Waals surface area contributed by atoms with Crippen molar-refractivity contribution in [2.45, 2.75) is 110 Å². The Kier molecular flexibility index (Phi) is 27.1. The molecule has 22 nitrogen and oxygen atoms in total. The molecule has 0 saturated carbocycles. The van der Waals surface area contributed by atoms with Gasteiger partial charge in [0.05, 0.1) is 114 Å². The molecule has 5 heterocycles. The van der Waals surface area contributed by atoms with Crippen LogP contribution in [0.1, 0.15) is 100 Å². The van der Waals surface area contributed by atoms with E-state index in [4.69, 9.17) is 38.1 Å². The number of aliphatic hydroxyl groups is 1. The first-order valence-corrected chi connectivity index (χ1v) is 30.7. The van der Waals surface area contributed by atoms with Crippen molar-refractivity contribution in [2.24, 2.45) is 11.8 Å². The summed E-state index contributed by atoms with van der Waals surface area (Å²) in [5.41, 5.74) is 1.58. The van der Waals surface area contributed by atoms with Gasteiger partial charge in [0, 0.05) is 109 Å². The molecule has 0 bridgehead atoms. The molecule has 460 valence electrons. The zero-order valence-corrected chi connectivity index (χ0v) is 50.2. The summed E-state index contributed by atoms with van der Waals surface area (Å²) in [5.74, 6) is -2.42. The minimum atomic E-state index is -1.98. The predicted molar refractivity (Wildman–Crippen MR) is 310 cm³/mol. The number of aryl methyl sites for hydroxylation is 1. The number of imide groups is 1. The molecule has 4 amide bonds. The lowest BCUT2D eigenvalue weighted by Crippen LogP contribution is -2.44. The van der Waals surface area contributed by atoms with Gasteiger partial charge in [-0.2, -0.15) is 11.8 Å². The Balaban J connectivity index is 0.744. The fourth-order valence-electron chi connectivity index (χ4n) is 9.43. The van der Waals surface area contributed by atoms with Crippen molar-refractivity contribution in [1.29, 1.82) is 0 Å². The van der Waals surface area contributed by atoms with E-state index in [1.54, 1.807) is 63.1 Å². The lowest BCUT2D eigenvalue weighted by molar-refractivity contribution is -0.172. The zero-order chi connectivity index (χ0) is 60.8. The largest absolute Gasteiger partial charge is 0.458 e. The van der Waals surface area contributed by atoms with Crippen LogP contribution < -0.4 is 16.2 Å². The Morgan fingerprint density at radius 2 is 1.35 bits per heavy atom. The van der Waals surface area contributed by atoms with Gasteiger partial charge in [0.15, 0.2) is 11.4 Å². The molecule has 0 saturated heterocycles. The van der Waals surface area contributed by atoms with Crippen LogP contribution in [0.25, 0.3) is 22.3 Å². The molecule has 0 spiro atoms. The number of fused-ring (bicyclic) bond motifs is 5. The molecule has 2 aromatic heterocycles. The van der Waals surface area contributed by atoms with E-state index in [2.05, 4.69) is 10.6 Å². The number of halogens is 1. The van der Waals surface area contributed by atoms with Crippen molar-refractivity contribution in [3.63, 3.8) is 0 Å². The average molecular weight is 1210 g/mol. The number of carbonyl (C=O) groups excluding carboxylic acids is 8. The molecule has 0 unspecified atom stereocenters. The summed E-state index contributed by atoms with van der Waals surface area (Å²) in [5, 5.41) is 17.6. The number of carbonyl (C=O) groups is 8. The average Bonchev–Trinajstić information content (AvgIpc) is 1.77. The zero-order valence-electron chi connectivity index (χ0n) is 48.5. The van der Waals surface area contributed by atoms with Gasteiger partial charge in [-0.3, -0.25) is 43.3 Å². The lowest BCUT2D eigenvalue weighted by atomic mass is 9.86. The summed E-state index contributed by atoms with van der Waals surface area (Å²) in [4.78, 5) is 119. The lowest BCUT2D eigenvalue weighted by Gasteiger charge is -2.31. The van der Waals surface area contributed by atoms with Gasteiger partial charge in [-0.1, -0.05) is 20.8 Å². The number of cyclic esters (lactones) is 1. The van der Waals surface area contributed by atoms with Gasteiger partial charge in [-0.25, -0.2) is 14.2 Å². The molecule has 4 atom stereocenters. The number of esters is 1. The first-order valence-electron chi connectivity index (χ1n) is 28.4. The second-order valence-corrected chi connectivity index (χ2v) is 22.9. The minimum absolute atomic E-state index is 0.00805. The molecular formula is C59H78FN5O17S2. The van der Waals surface area contributed by atoms with E-state index < -0.39 is 53.0 Å². The number of nitrogens with one attached hydrogen (secondary N) is 2. The first kappa shape index (κ1) is 67.4. The number of ether oxygens (including phenoxy) is 7. The van der Waals surface area contributed by atoms with E-state index in [1.165, 1.54) is 30.0 Å². The number of aromatic nitrogens is 2. The van der Waals surface area contributed by atoms with Crippen LogP contribution in [0.5, 0.6) is 0 Å². The van der Waals surface area contributed by atoms with Crippen LogP contribution >= 0.6 is 23.5 Å². The third-order valence-corrected chi connectivity index (χ3v) is 16.6. The van der Waals surface area contributed by atoms with Crippen molar-refractivity contribution < 1.29 is 81.0 Å². The number of hydrogen-bond donors (Lipinski definition) is 3. The van der Waals surface area contributed by atoms with E-state index in [1.807, 2.05) is 0 Å². The second kappa shape index (κ2) is 33.8. The molecule has 1 aromatic carbocycles. The topological polar surface area (TPSA) is 284 Å². The highest BCUT2D eigenvalue weighted by atomic mass is 32.2. The SMILES string of the molecule is CC[C@@]1(O)C(=O)OCc2c1cc1n(c2=O)Cc2c-1nc1cc(F)c(C)cc1c2CSCCSCNC(=O)[C@H](C)CC(=O)[C@@H](C)NC(=O)[C@H](C)CC(=O)CCOCCOCCOCCOCCOCCOCCCC(=O)CCN1C(=O)C=CC1=O. The van der Waals surface area contributed by atoms with Gasteiger partial charge < -0.3 is 53.5 Å². The number of Topliss-reactive ketones (excluding diaryl/α,β-unsaturated/α-hetero) is 3. The number of benzene rings is 1. The fourth-order valence-corrected chi connectivity index (χ4v) is 11.4. The van der Waals surface area contributed by atoms with Crippen LogP contribution in [-0.4, -0.2) is 176 Å². The standard InChI is InChI=1S/C59H78FN5O17S2/c1-6-59(75)47-31-50-54-44(33-65(50)57(73)45(47)34-82-58(59)74)46(43-29-37(2)48(60)32-49(43)63-54)35-83-26-27-84-36-61-55(71)39(4)30-51(68)40(5)62-56(72)38(3)28-42(67)12-15-77-17-19-79-21-23-81-25-24-80-22-20-78-18-16-76-14-7-8-41(66)11-13-64-52(69)9-10-53(64)70/h9-10,29,31-32,38-40,75H,6-8,11-28,30,33-36H2,1-5H3,(H,61,71)(H,62,72)/t38-,39-,40-,59+/m1/s1. The maximum absolute atomic E-state index is 14.9. The van der Waals surface area contributed by atoms with E-state index in [-0.39, 0.29) is 105 Å². The van der Waals surface area contributed by atoms with E-state index in [0.29, 0.717) is 125 Å². The molecule has 0 aliphatic carbocycles. The third-order valence-electron chi connectivity index (χ3n) is 14.5. The molecule has 0 fully saturated rings. The fraction of sp³-hybridized carbons (Fsp3) is 0.593. The highest BCUT2D eigenvalue weighted by Gasteiger charge is 2.45. The number of pyridine rings is 2. The summed E-state index contributed by atoms with van der Waals surface area (Å²) in [7, 11) is 0. The minimum Gasteiger partial charge on any atom is -0.458 e. The number of amides is 4. The van der Waals surface area contributed by atoms with E-state index in [0.717, 1.165) is 21.4 Å². The normalized spacial score (nSPS) is 16.3. The van der Waals surface area contributed by atoms with Crippen LogP contribution in [0.2, 0.25) is 0 Å². The summed E-state index contributed by atoms with van der Waals surface area (Å²) >= 11 is 3.14. The van der Waals surface area contributed by atoms with Gasteiger partial charge in [0.25, 0.3) is 17.4 Å². The molecular weight excluding hydrogens is 1130 g/mol. The maximum atomic E-state index is 14.9. The Morgan fingerprint density at radius 3 is 1.98 bits per heavy atom. The number of hydrogen-bond acceptors (Lipinski definition) is 20. The summed E-state index contributed by atoms with van der Waals surface area (Å²) < 4.78 is 54.6. The molecule has 25 heteroatoms. The van der Waals surface area contributed by atoms with Gasteiger partial charge in [0.1, 0.15) is 24.0 Å². The van der Waals surface area contributed by atoms with Crippen LogP contribution in [-0.2, 0) is 96.0 Å². The van der Waals surface area contributed by atoms with Crippen LogP contribution in [0.4, 0.5) is 4.39 Å². The van der Waals surface area contributed by atoms with Gasteiger partial charge >= 0.3 is 5.97 Å².